The number of carbonyl (C=O) groups is 1. The molecule has 0 amide bonds. The monoisotopic (exact) mass is 191 g/mol. The number of nitrogens with zero attached hydrogens (tertiary/aromatic N) is 4. The van der Waals surface area contributed by atoms with Crippen LogP contribution < -0.4 is 0 Å². The Balaban J connectivity index is 2.46. The van der Waals surface area contributed by atoms with Gasteiger partial charge in [0.15, 0.2) is 11.5 Å². The van der Waals surface area contributed by atoms with Gasteiger partial charge in [-0.25, -0.2) is 14.8 Å². The second kappa shape index (κ2) is 3.21. The first-order valence-electron chi connectivity index (χ1n) is 3.70. The van der Waals surface area contributed by atoms with Crippen molar-refractivity contribution in [1.29, 1.82) is 0 Å². The molecule has 2 aromatic rings. The van der Waals surface area contributed by atoms with Gasteiger partial charge < -0.3 is 5.11 Å². The maximum absolute atomic E-state index is 10.6. The molecule has 0 aromatic carbocycles. The number of aromatic nitrogens is 5. The number of hydrogen-bond acceptors (Lipinski definition) is 5. The third kappa shape index (κ3) is 1.42. The zero-order valence-electron chi connectivity index (χ0n) is 6.88. The van der Waals surface area contributed by atoms with Crippen LogP contribution in [0.1, 0.15) is 10.5 Å². The first kappa shape index (κ1) is 8.30. The Morgan fingerprint density at radius 1 is 1.50 bits per heavy atom. The molecule has 7 heteroatoms. The van der Waals surface area contributed by atoms with Gasteiger partial charge in [0.1, 0.15) is 5.69 Å². The van der Waals surface area contributed by atoms with Gasteiger partial charge in [-0.2, -0.15) is 15.4 Å². The average Bonchev–Trinajstić information content (AvgIpc) is 2.71. The predicted octanol–water partition coefficient (Wildman–Crippen LogP) is -0.0401. The molecule has 0 fully saturated rings. The van der Waals surface area contributed by atoms with Gasteiger partial charge in [0, 0.05) is 6.20 Å². The molecule has 0 saturated carbocycles. The molecule has 2 aromatic heterocycles. The van der Waals surface area contributed by atoms with Crippen LogP contribution in [-0.2, 0) is 0 Å². The number of H-pyrrole nitrogens is 1. The summed E-state index contributed by atoms with van der Waals surface area (Å²) in [5, 5.41) is 18.4. The van der Waals surface area contributed by atoms with E-state index in [0.29, 0.717) is 5.69 Å². The fourth-order valence-electron chi connectivity index (χ4n) is 0.911. The zero-order chi connectivity index (χ0) is 9.97. The summed E-state index contributed by atoms with van der Waals surface area (Å²) in [6, 6.07) is 1.31. The minimum Gasteiger partial charge on any atom is -0.477 e. The van der Waals surface area contributed by atoms with Gasteiger partial charge in [0.25, 0.3) is 0 Å². The molecule has 2 N–H and O–H groups in total. The van der Waals surface area contributed by atoms with E-state index in [2.05, 4.69) is 25.4 Å². The van der Waals surface area contributed by atoms with Crippen molar-refractivity contribution < 1.29 is 9.90 Å². The third-order valence-corrected chi connectivity index (χ3v) is 1.52. The van der Waals surface area contributed by atoms with Crippen LogP contribution in [0.3, 0.4) is 0 Å². The molecule has 70 valence electrons. The maximum Gasteiger partial charge on any atom is 0.354 e. The largest absolute Gasteiger partial charge is 0.477 e. The van der Waals surface area contributed by atoms with Crippen molar-refractivity contribution in [2.75, 3.05) is 0 Å². The lowest BCUT2D eigenvalue weighted by atomic mass is 10.4. The quantitative estimate of drug-likeness (QED) is 0.690. The van der Waals surface area contributed by atoms with Crippen molar-refractivity contribution in [3.63, 3.8) is 0 Å². The van der Waals surface area contributed by atoms with E-state index in [1.165, 1.54) is 18.5 Å². The SMILES string of the molecule is O=C(O)c1ccnc(-c2cn[nH]n2)n1. The molecule has 2 heterocycles. The zero-order valence-corrected chi connectivity index (χ0v) is 6.88. The Kier molecular flexibility index (Phi) is 1.90. The molecule has 14 heavy (non-hydrogen) atoms. The number of aromatic carboxylic acids is 1. The second-order valence-electron chi connectivity index (χ2n) is 2.43. The number of carboxylic acids is 1. The molecule has 0 aliphatic heterocycles. The Morgan fingerprint density at radius 3 is 3.00 bits per heavy atom. The highest BCUT2D eigenvalue weighted by atomic mass is 16.4. The molecule has 0 saturated heterocycles. The van der Waals surface area contributed by atoms with Gasteiger partial charge in [-0.1, -0.05) is 0 Å². The fourth-order valence-corrected chi connectivity index (χ4v) is 0.911. The number of carboxylic acid groups (broad SMARTS) is 1. The van der Waals surface area contributed by atoms with E-state index in [1.54, 1.807) is 0 Å². The molecule has 0 aliphatic rings. The Bertz CT molecular complexity index is 453. The van der Waals surface area contributed by atoms with Gasteiger partial charge in [-0.15, -0.1) is 0 Å². The van der Waals surface area contributed by atoms with E-state index in [1.807, 2.05) is 0 Å². The smallest absolute Gasteiger partial charge is 0.354 e. The molecule has 0 radical (unpaired) electrons. The van der Waals surface area contributed by atoms with E-state index in [0.717, 1.165) is 0 Å². The molecular formula is C7H5N5O2. The highest BCUT2D eigenvalue weighted by Gasteiger charge is 2.08. The van der Waals surface area contributed by atoms with E-state index in [4.69, 9.17) is 5.11 Å². The van der Waals surface area contributed by atoms with Crippen LogP contribution in [0.5, 0.6) is 0 Å². The Morgan fingerprint density at radius 2 is 2.36 bits per heavy atom. The number of aromatic amines is 1. The number of rotatable bonds is 2. The Labute approximate surface area is 77.8 Å². The third-order valence-electron chi connectivity index (χ3n) is 1.52. The van der Waals surface area contributed by atoms with Crippen LogP contribution in [0.4, 0.5) is 0 Å². The normalized spacial score (nSPS) is 10.0. The summed E-state index contributed by atoms with van der Waals surface area (Å²) in [5.74, 6) is -0.865. The van der Waals surface area contributed by atoms with Gasteiger partial charge >= 0.3 is 5.97 Å². The fraction of sp³-hybridized carbons (Fsp3) is 0. The molecule has 0 aliphatic carbocycles. The first-order chi connectivity index (χ1) is 6.77. The second-order valence-corrected chi connectivity index (χ2v) is 2.43. The summed E-state index contributed by atoms with van der Waals surface area (Å²) in [7, 11) is 0. The molecule has 7 nitrogen and oxygen atoms in total. The minimum atomic E-state index is -1.10. The molecule has 0 spiro atoms. The van der Waals surface area contributed by atoms with E-state index >= 15 is 0 Å². The molecule has 0 unspecified atom stereocenters. The summed E-state index contributed by atoms with van der Waals surface area (Å²) < 4.78 is 0. The molecule has 2 rings (SSSR count). The summed E-state index contributed by atoms with van der Waals surface area (Å²) in [6.45, 7) is 0. The molecular weight excluding hydrogens is 186 g/mol. The van der Waals surface area contributed by atoms with Crippen molar-refractivity contribution in [1.82, 2.24) is 25.4 Å². The highest BCUT2D eigenvalue weighted by molar-refractivity contribution is 5.85. The molecule has 0 bridgehead atoms. The maximum atomic E-state index is 10.6. The van der Waals surface area contributed by atoms with Crippen LogP contribution in [0.2, 0.25) is 0 Å². The highest BCUT2D eigenvalue weighted by Crippen LogP contribution is 2.08. The van der Waals surface area contributed by atoms with E-state index in [9.17, 15) is 4.79 Å². The first-order valence-corrected chi connectivity index (χ1v) is 3.70. The topological polar surface area (TPSA) is 105 Å². The predicted molar refractivity (Wildman–Crippen MR) is 44.4 cm³/mol. The van der Waals surface area contributed by atoms with Crippen LogP contribution in [0.25, 0.3) is 11.5 Å². The lowest BCUT2D eigenvalue weighted by Gasteiger charge is -1.95. The van der Waals surface area contributed by atoms with Crippen molar-refractivity contribution in [3.05, 3.63) is 24.2 Å². The number of nitrogens with one attached hydrogen (secondary N) is 1. The van der Waals surface area contributed by atoms with E-state index < -0.39 is 5.97 Å². The van der Waals surface area contributed by atoms with Crippen LogP contribution >= 0.6 is 0 Å². The summed E-state index contributed by atoms with van der Waals surface area (Å²) >= 11 is 0. The van der Waals surface area contributed by atoms with Crippen LogP contribution in [0.15, 0.2) is 18.5 Å². The van der Waals surface area contributed by atoms with Gasteiger partial charge in [0.2, 0.25) is 0 Å². The lowest BCUT2D eigenvalue weighted by molar-refractivity contribution is 0.0690. The standard InChI is InChI=1S/C7H5N5O2/c13-7(14)4-1-2-8-6(10-4)5-3-9-12-11-5/h1-3H,(H,13,14)(H,9,11,12). The van der Waals surface area contributed by atoms with Gasteiger partial charge in [-0.05, 0) is 6.07 Å². The minimum absolute atomic E-state index is 0.0713. The van der Waals surface area contributed by atoms with Crippen LogP contribution in [-0.4, -0.2) is 36.5 Å². The van der Waals surface area contributed by atoms with Crippen LogP contribution in [0, 0.1) is 0 Å². The van der Waals surface area contributed by atoms with Crippen molar-refractivity contribution in [3.8, 4) is 11.5 Å². The van der Waals surface area contributed by atoms with E-state index in [-0.39, 0.29) is 11.5 Å². The van der Waals surface area contributed by atoms with Gasteiger partial charge in [0.05, 0.1) is 6.20 Å². The summed E-state index contributed by atoms with van der Waals surface area (Å²) in [5.41, 5.74) is 0.339. The number of hydrogen-bond donors (Lipinski definition) is 2. The summed E-state index contributed by atoms with van der Waals surface area (Å²) in [4.78, 5) is 18.2. The molecule has 0 atom stereocenters. The van der Waals surface area contributed by atoms with Crippen molar-refractivity contribution in [2.45, 2.75) is 0 Å². The summed E-state index contributed by atoms with van der Waals surface area (Å²) in [6.07, 6.45) is 2.78. The lowest BCUT2D eigenvalue weighted by Crippen LogP contribution is -2.02. The van der Waals surface area contributed by atoms with Gasteiger partial charge in [-0.3, -0.25) is 0 Å². The van der Waals surface area contributed by atoms with Crippen molar-refractivity contribution >= 4 is 5.97 Å². The Hall–Kier alpha value is -2.31. The van der Waals surface area contributed by atoms with Crippen molar-refractivity contribution in [2.24, 2.45) is 0 Å². The average molecular weight is 191 g/mol.